The highest BCUT2D eigenvalue weighted by Crippen LogP contribution is 2.43. The summed E-state index contributed by atoms with van der Waals surface area (Å²) in [4.78, 5) is 35.0. The van der Waals surface area contributed by atoms with Crippen LogP contribution in [0.1, 0.15) is 213 Å². The summed E-state index contributed by atoms with van der Waals surface area (Å²) in [6.45, 7) is 2.32. The smallest absolute Gasteiger partial charge is 0.462 e. The number of phosphoric ester groups is 1. The lowest BCUT2D eigenvalue weighted by Crippen LogP contribution is -2.29. The molecule has 0 heterocycles. The Morgan fingerprint density at radius 2 is 0.879 bits per heavy atom. The molecule has 0 amide bonds. The van der Waals surface area contributed by atoms with Crippen molar-refractivity contribution in [1.29, 1.82) is 0 Å². The molecule has 0 saturated heterocycles. The van der Waals surface area contributed by atoms with Gasteiger partial charge in [-0.25, -0.2) is 4.57 Å². The maximum absolute atomic E-state index is 12.6. The van der Waals surface area contributed by atoms with Crippen molar-refractivity contribution < 1.29 is 47.8 Å². The van der Waals surface area contributed by atoms with Gasteiger partial charge in [-0.3, -0.25) is 18.6 Å². The van der Waals surface area contributed by atoms with Crippen molar-refractivity contribution in [2.75, 3.05) is 26.4 Å². The normalized spacial score (nSPS) is 14.1. The molecule has 0 aromatic heterocycles. The molecule has 10 nitrogen and oxygen atoms in total. The number of aliphatic hydroxyl groups excluding tert-OH is 2. The topological polar surface area (TPSA) is 149 Å². The average Bonchev–Trinajstić information content (AvgIpc) is 3.21. The number of rotatable bonds is 44. The molecule has 0 bridgehead atoms. The van der Waals surface area contributed by atoms with Gasteiger partial charge >= 0.3 is 19.8 Å². The van der Waals surface area contributed by atoms with Crippen LogP contribution in [0.25, 0.3) is 0 Å². The van der Waals surface area contributed by atoms with Crippen molar-refractivity contribution in [2.24, 2.45) is 0 Å². The van der Waals surface area contributed by atoms with Crippen LogP contribution in [0.5, 0.6) is 0 Å². The van der Waals surface area contributed by atoms with E-state index in [1.165, 1.54) is 109 Å². The molecule has 0 radical (unpaired) electrons. The van der Waals surface area contributed by atoms with E-state index in [1.807, 2.05) is 0 Å². The van der Waals surface area contributed by atoms with E-state index in [2.05, 4.69) is 54.8 Å². The van der Waals surface area contributed by atoms with Gasteiger partial charge in [0.05, 0.1) is 19.8 Å². The van der Waals surface area contributed by atoms with Gasteiger partial charge in [0.25, 0.3) is 0 Å². The SMILES string of the molecule is CCCCC/C=C/CCCCCCCC(=O)OC[C@H](COP(=O)(O)OC[C@@H](O)CO)OC(=O)CCC/C=C/CC/C=C/CCCCCCCCCCCCCCCC. The quantitative estimate of drug-likeness (QED) is 0.0234. The highest BCUT2D eigenvalue weighted by molar-refractivity contribution is 7.47. The Morgan fingerprint density at radius 1 is 0.500 bits per heavy atom. The number of hydrogen-bond donors (Lipinski definition) is 3. The van der Waals surface area contributed by atoms with Crippen LogP contribution in [0.4, 0.5) is 0 Å². The Hall–Kier alpha value is -1.81. The van der Waals surface area contributed by atoms with E-state index in [0.717, 1.165) is 57.8 Å². The second-order valence-electron chi connectivity index (χ2n) is 15.8. The average molecular weight is 843 g/mol. The number of unbranched alkanes of at least 4 members (excludes halogenated alkanes) is 24. The van der Waals surface area contributed by atoms with Crippen molar-refractivity contribution in [3.05, 3.63) is 36.5 Å². The zero-order valence-corrected chi connectivity index (χ0v) is 37.9. The summed E-state index contributed by atoms with van der Waals surface area (Å²) in [6.07, 6.45) is 45.6. The molecule has 3 N–H and O–H groups in total. The minimum absolute atomic E-state index is 0.124. The molecule has 0 saturated carbocycles. The summed E-state index contributed by atoms with van der Waals surface area (Å²) < 4.78 is 32.7. The Bertz CT molecular complexity index is 1060. The third-order valence-corrected chi connectivity index (χ3v) is 10.9. The predicted molar refractivity (Wildman–Crippen MR) is 238 cm³/mol. The van der Waals surface area contributed by atoms with Crippen LogP contribution in [0.3, 0.4) is 0 Å². The number of hydrogen-bond acceptors (Lipinski definition) is 9. The van der Waals surface area contributed by atoms with E-state index >= 15 is 0 Å². The van der Waals surface area contributed by atoms with Gasteiger partial charge in [-0.2, -0.15) is 0 Å². The second kappa shape index (κ2) is 43.3. The van der Waals surface area contributed by atoms with E-state index in [4.69, 9.17) is 19.1 Å². The highest BCUT2D eigenvalue weighted by Gasteiger charge is 2.27. The van der Waals surface area contributed by atoms with Gasteiger partial charge in [-0.15, -0.1) is 0 Å². The minimum Gasteiger partial charge on any atom is -0.462 e. The molecule has 0 aliphatic rings. The minimum atomic E-state index is -4.63. The third kappa shape index (κ3) is 42.3. The van der Waals surface area contributed by atoms with Crippen molar-refractivity contribution in [2.45, 2.75) is 225 Å². The molecule has 0 rings (SSSR count). The summed E-state index contributed by atoms with van der Waals surface area (Å²) >= 11 is 0. The van der Waals surface area contributed by atoms with Crippen LogP contribution in [-0.2, 0) is 32.7 Å². The van der Waals surface area contributed by atoms with E-state index in [9.17, 15) is 24.2 Å². The number of ether oxygens (including phenoxy) is 2. The lowest BCUT2D eigenvalue weighted by molar-refractivity contribution is -0.161. The van der Waals surface area contributed by atoms with Crippen molar-refractivity contribution in [1.82, 2.24) is 0 Å². The van der Waals surface area contributed by atoms with Crippen LogP contribution in [0, 0.1) is 0 Å². The van der Waals surface area contributed by atoms with Crippen LogP contribution in [0.2, 0.25) is 0 Å². The first-order chi connectivity index (χ1) is 28.2. The lowest BCUT2D eigenvalue weighted by Gasteiger charge is -2.20. The monoisotopic (exact) mass is 843 g/mol. The third-order valence-electron chi connectivity index (χ3n) is 9.99. The molecule has 11 heteroatoms. The lowest BCUT2D eigenvalue weighted by atomic mass is 10.0. The molecule has 58 heavy (non-hydrogen) atoms. The van der Waals surface area contributed by atoms with Gasteiger partial charge in [-0.05, 0) is 70.6 Å². The molecule has 3 atom stereocenters. The van der Waals surface area contributed by atoms with Gasteiger partial charge in [0.15, 0.2) is 6.10 Å². The first-order valence-electron chi connectivity index (χ1n) is 23.4. The van der Waals surface area contributed by atoms with E-state index < -0.39 is 51.8 Å². The maximum Gasteiger partial charge on any atom is 0.472 e. The summed E-state index contributed by atoms with van der Waals surface area (Å²) in [5, 5.41) is 18.3. The molecular weight excluding hydrogens is 755 g/mol. The van der Waals surface area contributed by atoms with Crippen molar-refractivity contribution in [3.8, 4) is 0 Å². The Balaban J connectivity index is 4.24. The summed E-state index contributed by atoms with van der Waals surface area (Å²) in [7, 11) is -4.63. The molecule has 0 aliphatic heterocycles. The number of carbonyl (C=O) groups excluding carboxylic acids is 2. The zero-order chi connectivity index (χ0) is 42.6. The number of esters is 2. The molecule has 0 spiro atoms. The molecule has 0 aromatic rings. The predicted octanol–water partition coefficient (Wildman–Crippen LogP) is 12.7. The fourth-order valence-corrected chi connectivity index (χ4v) is 7.15. The molecular formula is C47H87O10P. The zero-order valence-electron chi connectivity index (χ0n) is 37.0. The van der Waals surface area contributed by atoms with Crippen LogP contribution in [-0.4, -0.2) is 65.7 Å². The van der Waals surface area contributed by atoms with Gasteiger partial charge in [0, 0.05) is 12.8 Å². The Labute approximate surface area is 354 Å². The molecule has 1 unspecified atom stereocenters. The van der Waals surface area contributed by atoms with E-state index in [0.29, 0.717) is 19.3 Å². The first kappa shape index (κ1) is 56.2. The number of phosphoric acid groups is 1. The standard InChI is InChI=1S/C47H87O10P/c1-3-5-7-9-11-13-15-17-18-19-20-21-22-23-24-25-26-27-29-31-33-35-37-39-47(51)57-45(43-56-58(52,53)55-41-44(49)40-48)42-54-46(50)38-36-34-32-30-28-16-14-12-10-8-6-4-2/h12,14,25-26,31,33,44-45,48-49H,3-11,13,15-24,27-30,32,34-43H2,1-2H3,(H,52,53)/b14-12+,26-25+,33-31+/t44-,45+/m0/s1. The molecule has 0 aliphatic carbocycles. The molecule has 0 aromatic carbocycles. The van der Waals surface area contributed by atoms with Crippen LogP contribution < -0.4 is 0 Å². The Kier molecular flexibility index (Phi) is 41.9. The van der Waals surface area contributed by atoms with Crippen molar-refractivity contribution in [3.63, 3.8) is 0 Å². The van der Waals surface area contributed by atoms with Crippen LogP contribution in [0.15, 0.2) is 36.5 Å². The van der Waals surface area contributed by atoms with Crippen molar-refractivity contribution >= 4 is 19.8 Å². The fraction of sp³-hybridized carbons (Fsp3) is 0.830. The fourth-order valence-electron chi connectivity index (χ4n) is 6.36. The number of aliphatic hydroxyl groups is 2. The summed E-state index contributed by atoms with van der Waals surface area (Å²) in [5.41, 5.74) is 0. The number of allylic oxidation sites excluding steroid dienone is 6. The second-order valence-corrected chi connectivity index (χ2v) is 17.2. The Morgan fingerprint density at radius 3 is 1.38 bits per heavy atom. The summed E-state index contributed by atoms with van der Waals surface area (Å²) in [5.74, 6) is -0.981. The van der Waals surface area contributed by atoms with E-state index in [-0.39, 0.29) is 19.4 Å². The largest absolute Gasteiger partial charge is 0.472 e. The van der Waals surface area contributed by atoms with Gasteiger partial charge < -0.3 is 24.6 Å². The number of carbonyl (C=O) groups is 2. The molecule has 340 valence electrons. The molecule has 0 fully saturated rings. The first-order valence-corrected chi connectivity index (χ1v) is 24.9. The highest BCUT2D eigenvalue weighted by atomic mass is 31.2. The van der Waals surface area contributed by atoms with Crippen LogP contribution >= 0.6 is 7.82 Å². The van der Waals surface area contributed by atoms with Gasteiger partial charge in [0.1, 0.15) is 12.7 Å². The summed E-state index contributed by atoms with van der Waals surface area (Å²) in [6, 6.07) is 0. The van der Waals surface area contributed by atoms with Gasteiger partial charge in [-0.1, -0.05) is 166 Å². The van der Waals surface area contributed by atoms with Gasteiger partial charge in [0.2, 0.25) is 0 Å². The van der Waals surface area contributed by atoms with E-state index in [1.54, 1.807) is 0 Å². The maximum atomic E-state index is 12.6.